The van der Waals surface area contributed by atoms with Crippen molar-refractivity contribution in [3.8, 4) is 0 Å². The van der Waals surface area contributed by atoms with Crippen LogP contribution in [0.3, 0.4) is 0 Å². The molecule has 0 rings (SSSR count). The molecule has 1 unspecified atom stereocenters. The van der Waals surface area contributed by atoms with E-state index in [1.807, 2.05) is 19.1 Å². The average molecular weight is 201 g/mol. The molecule has 0 aliphatic heterocycles. The van der Waals surface area contributed by atoms with Gasteiger partial charge in [0.2, 0.25) is 0 Å². The zero-order valence-electron chi connectivity index (χ0n) is 8.56. The summed E-state index contributed by atoms with van der Waals surface area (Å²) in [4.78, 5) is 10.4. The normalized spacial score (nSPS) is 15.7. The number of alkyl halides is 1. The van der Waals surface area contributed by atoms with Gasteiger partial charge in [0.15, 0.2) is 5.78 Å². The number of rotatable bonds is 5. The Hall–Kier alpha value is -0.560. The fourth-order valence-corrected chi connectivity index (χ4v) is 1.12. The standard InChI is InChI=1S/C11H17ClO/c1-5-6-7-8-11(12,9(2)3)10(4)13/h6-7H,2,5,8H2,1,3-4H3/b7-6-. The molecule has 0 N–H and O–H groups in total. The quantitative estimate of drug-likeness (QED) is 0.491. The summed E-state index contributed by atoms with van der Waals surface area (Å²) in [6.07, 6.45) is 5.43. The SMILES string of the molecule is C=C(C)C(Cl)(C/C=C\CC)C(C)=O. The van der Waals surface area contributed by atoms with E-state index < -0.39 is 4.87 Å². The molecule has 74 valence electrons. The van der Waals surface area contributed by atoms with Crippen molar-refractivity contribution in [2.75, 3.05) is 0 Å². The molecule has 2 heteroatoms. The minimum Gasteiger partial charge on any atom is -0.298 e. The lowest BCUT2D eigenvalue weighted by atomic mass is 9.93. The van der Waals surface area contributed by atoms with Crippen LogP contribution in [0, 0.1) is 0 Å². The molecule has 0 aromatic rings. The molecule has 0 aromatic heterocycles. The van der Waals surface area contributed by atoms with E-state index >= 15 is 0 Å². The fraction of sp³-hybridized carbons (Fsp3) is 0.545. The highest BCUT2D eigenvalue weighted by molar-refractivity contribution is 6.37. The molecule has 0 bridgehead atoms. The van der Waals surface area contributed by atoms with E-state index in [1.54, 1.807) is 6.92 Å². The molecule has 0 spiro atoms. The van der Waals surface area contributed by atoms with E-state index in [9.17, 15) is 4.79 Å². The third-order valence-electron chi connectivity index (χ3n) is 2.04. The molecule has 13 heavy (non-hydrogen) atoms. The van der Waals surface area contributed by atoms with Crippen LogP contribution in [0.2, 0.25) is 0 Å². The molecule has 0 fully saturated rings. The van der Waals surface area contributed by atoms with Crippen LogP contribution in [-0.2, 0) is 4.79 Å². The van der Waals surface area contributed by atoms with Gasteiger partial charge in [-0.15, -0.1) is 11.6 Å². The summed E-state index contributed by atoms with van der Waals surface area (Å²) in [5.74, 6) is -0.0394. The number of carbonyl (C=O) groups is 1. The van der Waals surface area contributed by atoms with Crippen LogP contribution < -0.4 is 0 Å². The Kier molecular flexibility index (Phi) is 5.01. The number of hydrogen-bond acceptors (Lipinski definition) is 1. The van der Waals surface area contributed by atoms with Crippen LogP contribution in [0.5, 0.6) is 0 Å². The van der Waals surface area contributed by atoms with Crippen molar-refractivity contribution in [1.82, 2.24) is 0 Å². The Balaban J connectivity index is 4.52. The summed E-state index contributed by atoms with van der Waals surface area (Å²) >= 11 is 6.14. The minimum absolute atomic E-state index is 0.0394. The first-order chi connectivity index (χ1) is 5.95. The molecule has 1 nitrogen and oxygen atoms in total. The predicted octanol–water partition coefficient (Wildman–Crippen LogP) is 3.49. The highest BCUT2D eigenvalue weighted by atomic mass is 35.5. The molecule has 0 heterocycles. The van der Waals surface area contributed by atoms with E-state index in [0.717, 1.165) is 6.42 Å². The number of ketones is 1. The summed E-state index contributed by atoms with van der Waals surface area (Å²) in [5, 5.41) is 0. The van der Waals surface area contributed by atoms with Gasteiger partial charge >= 0.3 is 0 Å². The second kappa shape index (κ2) is 5.23. The maximum absolute atomic E-state index is 11.3. The number of allylic oxidation sites excluding steroid dienone is 3. The van der Waals surface area contributed by atoms with Crippen LogP contribution in [0.1, 0.15) is 33.6 Å². The molecule has 0 aliphatic carbocycles. The van der Waals surface area contributed by atoms with Gasteiger partial charge in [-0.2, -0.15) is 0 Å². The topological polar surface area (TPSA) is 17.1 Å². The second-order valence-corrected chi connectivity index (χ2v) is 3.87. The molecule has 0 radical (unpaired) electrons. The lowest BCUT2D eigenvalue weighted by molar-refractivity contribution is -0.118. The molecular formula is C11H17ClO. The van der Waals surface area contributed by atoms with Crippen molar-refractivity contribution in [2.24, 2.45) is 0 Å². The summed E-state index contributed by atoms with van der Waals surface area (Å²) < 4.78 is 0. The van der Waals surface area contributed by atoms with Crippen LogP contribution in [0.4, 0.5) is 0 Å². The zero-order valence-corrected chi connectivity index (χ0v) is 9.32. The van der Waals surface area contributed by atoms with Crippen molar-refractivity contribution < 1.29 is 4.79 Å². The minimum atomic E-state index is -0.897. The van der Waals surface area contributed by atoms with Gasteiger partial charge in [0, 0.05) is 0 Å². The molecular weight excluding hydrogens is 184 g/mol. The monoisotopic (exact) mass is 200 g/mol. The lowest BCUT2D eigenvalue weighted by Gasteiger charge is -2.22. The number of halogens is 1. The highest BCUT2D eigenvalue weighted by Gasteiger charge is 2.32. The van der Waals surface area contributed by atoms with Crippen LogP contribution in [-0.4, -0.2) is 10.7 Å². The third kappa shape index (κ3) is 3.35. The van der Waals surface area contributed by atoms with Crippen molar-refractivity contribution in [1.29, 1.82) is 0 Å². The van der Waals surface area contributed by atoms with Gasteiger partial charge < -0.3 is 0 Å². The third-order valence-corrected chi connectivity index (χ3v) is 2.78. The molecule has 0 saturated heterocycles. The van der Waals surface area contributed by atoms with Crippen LogP contribution in [0.25, 0.3) is 0 Å². The molecule has 0 amide bonds. The summed E-state index contributed by atoms with van der Waals surface area (Å²) in [5.41, 5.74) is 0.711. The predicted molar refractivity (Wildman–Crippen MR) is 58.1 cm³/mol. The number of Topliss-reactive ketones (excluding diaryl/α,β-unsaturated/α-hetero) is 1. The maximum Gasteiger partial charge on any atom is 0.155 e. The molecule has 0 saturated carbocycles. The van der Waals surface area contributed by atoms with Gasteiger partial charge in [0.25, 0.3) is 0 Å². The van der Waals surface area contributed by atoms with E-state index in [4.69, 9.17) is 11.6 Å². The van der Waals surface area contributed by atoms with Crippen LogP contribution >= 0.6 is 11.6 Å². The van der Waals surface area contributed by atoms with E-state index in [0.29, 0.717) is 12.0 Å². The smallest absolute Gasteiger partial charge is 0.155 e. The van der Waals surface area contributed by atoms with Gasteiger partial charge in [-0.1, -0.05) is 31.2 Å². The van der Waals surface area contributed by atoms with Crippen molar-refractivity contribution in [2.45, 2.75) is 38.5 Å². The highest BCUT2D eigenvalue weighted by Crippen LogP contribution is 2.29. The zero-order chi connectivity index (χ0) is 10.5. The van der Waals surface area contributed by atoms with Crippen molar-refractivity contribution in [3.63, 3.8) is 0 Å². The average Bonchev–Trinajstić information content (AvgIpc) is 2.03. The molecule has 0 aromatic carbocycles. The Bertz CT molecular complexity index is 214. The second-order valence-electron chi connectivity index (χ2n) is 3.22. The lowest BCUT2D eigenvalue weighted by Crippen LogP contribution is -2.30. The first-order valence-electron chi connectivity index (χ1n) is 4.46. The van der Waals surface area contributed by atoms with E-state index in [2.05, 4.69) is 6.58 Å². The van der Waals surface area contributed by atoms with Gasteiger partial charge in [-0.3, -0.25) is 4.79 Å². The molecule has 0 aliphatic rings. The molecule has 1 atom stereocenters. The van der Waals surface area contributed by atoms with Gasteiger partial charge in [0.1, 0.15) is 4.87 Å². The van der Waals surface area contributed by atoms with Crippen molar-refractivity contribution in [3.05, 3.63) is 24.3 Å². The van der Waals surface area contributed by atoms with E-state index in [-0.39, 0.29) is 5.78 Å². The Morgan fingerprint density at radius 2 is 2.00 bits per heavy atom. The Morgan fingerprint density at radius 1 is 1.46 bits per heavy atom. The van der Waals surface area contributed by atoms with Gasteiger partial charge in [-0.25, -0.2) is 0 Å². The number of hydrogen-bond donors (Lipinski definition) is 0. The first-order valence-corrected chi connectivity index (χ1v) is 4.84. The number of carbonyl (C=O) groups excluding carboxylic acids is 1. The largest absolute Gasteiger partial charge is 0.298 e. The fourth-order valence-electron chi connectivity index (χ4n) is 1.03. The van der Waals surface area contributed by atoms with Gasteiger partial charge in [-0.05, 0) is 26.7 Å². The Morgan fingerprint density at radius 3 is 2.31 bits per heavy atom. The van der Waals surface area contributed by atoms with E-state index in [1.165, 1.54) is 6.92 Å². The summed E-state index contributed by atoms with van der Waals surface area (Å²) in [6, 6.07) is 0. The maximum atomic E-state index is 11.3. The first kappa shape index (κ1) is 12.4. The van der Waals surface area contributed by atoms with Crippen LogP contribution in [0.15, 0.2) is 24.3 Å². The van der Waals surface area contributed by atoms with Crippen molar-refractivity contribution >= 4 is 17.4 Å². The Labute approximate surface area is 85.5 Å². The summed E-state index contributed by atoms with van der Waals surface area (Å²) in [6.45, 7) is 9.07. The summed E-state index contributed by atoms with van der Waals surface area (Å²) in [7, 11) is 0. The van der Waals surface area contributed by atoms with Gasteiger partial charge in [0.05, 0.1) is 0 Å².